The number of H-pyrrole nitrogens is 1. The van der Waals surface area contributed by atoms with Crippen LogP contribution >= 0.6 is 0 Å². The molecule has 3 N–H and O–H groups in total. The summed E-state index contributed by atoms with van der Waals surface area (Å²) in [4.78, 5) is 7.22. The van der Waals surface area contributed by atoms with Crippen molar-refractivity contribution in [2.24, 2.45) is 4.99 Å². The minimum atomic E-state index is -0.384. The van der Waals surface area contributed by atoms with Crippen molar-refractivity contribution in [1.82, 2.24) is 4.98 Å². The van der Waals surface area contributed by atoms with E-state index in [4.69, 9.17) is 4.74 Å². The maximum atomic E-state index is 14.1. The molecule has 5 nitrogen and oxygen atoms in total. The first-order chi connectivity index (χ1) is 12.1. The minimum absolute atomic E-state index is 0.0476. The maximum Gasteiger partial charge on any atom is 0.198 e. The zero-order valence-corrected chi connectivity index (χ0v) is 14.1. The monoisotopic (exact) mass is 341 g/mol. The number of nitrogens with zero attached hydrogens (tertiary/aromatic N) is 1. The van der Waals surface area contributed by atoms with E-state index in [1.807, 2.05) is 25.1 Å². The molecule has 0 spiro atoms. The minimum Gasteiger partial charge on any atom is -0.494 e. The summed E-state index contributed by atoms with van der Waals surface area (Å²) in [7, 11) is 1.59. The molecule has 1 aromatic heterocycles. The van der Waals surface area contributed by atoms with Crippen molar-refractivity contribution >= 4 is 28.5 Å². The van der Waals surface area contributed by atoms with Crippen LogP contribution in [0.3, 0.4) is 0 Å². The highest BCUT2D eigenvalue weighted by molar-refractivity contribution is 6.04. The van der Waals surface area contributed by atoms with Gasteiger partial charge in [0.1, 0.15) is 5.82 Å². The third kappa shape index (κ3) is 3.64. The molecule has 0 bridgehead atoms. The van der Waals surface area contributed by atoms with Crippen LogP contribution in [0.2, 0.25) is 0 Å². The molecule has 0 aliphatic heterocycles. The largest absolute Gasteiger partial charge is 0.494 e. The van der Waals surface area contributed by atoms with Crippen LogP contribution in [-0.2, 0) is 4.74 Å². The highest BCUT2D eigenvalue weighted by Gasteiger charge is 2.10. The second-order valence-electron chi connectivity index (χ2n) is 5.73. The van der Waals surface area contributed by atoms with Crippen molar-refractivity contribution in [3.8, 4) is 5.88 Å². The van der Waals surface area contributed by atoms with Gasteiger partial charge in [0.05, 0.1) is 23.5 Å². The third-order valence-corrected chi connectivity index (χ3v) is 3.97. The van der Waals surface area contributed by atoms with E-state index in [0.717, 1.165) is 16.5 Å². The Bertz CT molecular complexity index is 918. The number of hydrogen-bond acceptors (Lipinski definition) is 4. The van der Waals surface area contributed by atoms with Gasteiger partial charge in [-0.3, -0.25) is 4.99 Å². The number of ether oxygens (including phenoxy) is 1. The van der Waals surface area contributed by atoms with Crippen molar-refractivity contribution in [2.45, 2.75) is 6.92 Å². The fraction of sp³-hybridized carbons (Fsp3) is 0.211. The molecule has 0 saturated carbocycles. The Morgan fingerprint density at radius 2 is 2.16 bits per heavy atom. The van der Waals surface area contributed by atoms with E-state index in [1.54, 1.807) is 25.5 Å². The lowest BCUT2D eigenvalue weighted by Gasteiger charge is -2.07. The highest BCUT2D eigenvalue weighted by atomic mass is 19.1. The van der Waals surface area contributed by atoms with E-state index >= 15 is 0 Å². The molecule has 6 heteroatoms. The van der Waals surface area contributed by atoms with E-state index in [-0.39, 0.29) is 11.7 Å². The number of halogens is 1. The van der Waals surface area contributed by atoms with Gasteiger partial charge in [0.15, 0.2) is 5.88 Å². The van der Waals surface area contributed by atoms with Crippen molar-refractivity contribution in [3.63, 3.8) is 0 Å². The van der Waals surface area contributed by atoms with Gasteiger partial charge in [-0.1, -0.05) is 12.1 Å². The summed E-state index contributed by atoms with van der Waals surface area (Å²) in [6.07, 6.45) is 1.55. The number of aryl methyl sites for hydroxylation is 1. The number of methoxy groups -OCH3 is 1. The summed E-state index contributed by atoms with van der Waals surface area (Å²) in [5.41, 5.74) is 3.33. The summed E-state index contributed by atoms with van der Waals surface area (Å²) in [5.74, 6) is -0.337. The summed E-state index contributed by atoms with van der Waals surface area (Å²) < 4.78 is 19.0. The molecule has 3 rings (SSSR count). The van der Waals surface area contributed by atoms with Crippen molar-refractivity contribution < 1.29 is 14.2 Å². The van der Waals surface area contributed by atoms with Crippen molar-refractivity contribution in [3.05, 3.63) is 53.3 Å². The Hall–Kier alpha value is -2.86. The SMILES string of the molecule is COCCNc1ccc(N=Cc2c(O)[nH]c3cccc(C)c23)cc1F. The van der Waals surface area contributed by atoms with Crippen LogP contribution in [0.5, 0.6) is 5.88 Å². The molecule has 130 valence electrons. The zero-order valence-electron chi connectivity index (χ0n) is 14.1. The first-order valence-electron chi connectivity index (χ1n) is 7.97. The Balaban J connectivity index is 1.85. The molecular weight excluding hydrogens is 321 g/mol. The molecule has 2 aromatic carbocycles. The van der Waals surface area contributed by atoms with Gasteiger partial charge in [0.25, 0.3) is 0 Å². The van der Waals surface area contributed by atoms with Gasteiger partial charge < -0.3 is 20.1 Å². The molecule has 0 aliphatic carbocycles. The number of benzene rings is 2. The molecular formula is C19H20FN3O2. The normalized spacial score (nSPS) is 11.5. The van der Waals surface area contributed by atoms with Crippen molar-refractivity contribution in [1.29, 1.82) is 0 Å². The lowest BCUT2D eigenvalue weighted by atomic mass is 10.1. The number of aromatic amines is 1. The molecule has 0 fully saturated rings. The fourth-order valence-electron chi connectivity index (χ4n) is 2.72. The topological polar surface area (TPSA) is 69.6 Å². The number of aliphatic imine (C=N–C) groups is 1. The number of fused-ring (bicyclic) bond motifs is 1. The second kappa shape index (κ2) is 7.36. The van der Waals surface area contributed by atoms with Crippen LogP contribution in [0.4, 0.5) is 15.8 Å². The van der Waals surface area contributed by atoms with Crippen LogP contribution in [0.25, 0.3) is 10.9 Å². The molecule has 0 aliphatic rings. The molecule has 25 heavy (non-hydrogen) atoms. The number of aromatic hydroxyl groups is 1. The summed E-state index contributed by atoms with van der Waals surface area (Å²) in [6, 6.07) is 10.5. The van der Waals surface area contributed by atoms with E-state index < -0.39 is 0 Å². The average molecular weight is 341 g/mol. The highest BCUT2D eigenvalue weighted by Crippen LogP contribution is 2.29. The smallest absolute Gasteiger partial charge is 0.198 e. The first kappa shape index (κ1) is 17.0. The number of hydrogen-bond donors (Lipinski definition) is 3. The molecule has 0 unspecified atom stereocenters. The van der Waals surface area contributed by atoms with Gasteiger partial charge in [0, 0.05) is 36.8 Å². The quantitative estimate of drug-likeness (QED) is 0.466. The van der Waals surface area contributed by atoms with Crippen molar-refractivity contribution in [2.75, 3.05) is 25.6 Å². The second-order valence-corrected chi connectivity index (χ2v) is 5.73. The Morgan fingerprint density at radius 1 is 1.32 bits per heavy atom. The molecule has 3 aromatic rings. The fourth-order valence-corrected chi connectivity index (χ4v) is 2.72. The van der Waals surface area contributed by atoms with Gasteiger partial charge in [-0.05, 0) is 30.7 Å². The summed E-state index contributed by atoms with van der Waals surface area (Å²) in [6.45, 7) is 2.99. The lowest BCUT2D eigenvalue weighted by molar-refractivity contribution is 0.210. The lowest BCUT2D eigenvalue weighted by Crippen LogP contribution is -2.08. The standard InChI is InChI=1S/C19H20FN3O2/c1-12-4-3-5-17-18(12)14(19(24)23-17)11-22-13-6-7-16(15(20)10-13)21-8-9-25-2/h3-7,10-11,21,23-24H,8-9H2,1-2H3. The number of aromatic nitrogens is 1. The molecule has 0 saturated heterocycles. The van der Waals surface area contributed by atoms with E-state index in [1.165, 1.54) is 6.07 Å². The predicted octanol–water partition coefficient (Wildman–Crippen LogP) is 4.13. The number of anilines is 1. The predicted molar refractivity (Wildman–Crippen MR) is 98.7 cm³/mol. The first-order valence-corrected chi connectivity index (χ1v) is 7.97. The Labute approximate surface area is 145 Å². The van der Waals surface area contributed by atoms with E-state index in [0.29, 0.717) is 30.1 Å². The van der Waals surface area contributed by atoms with Crippen LogP contribution < -0.4 is 5.32 Å². The zero-order chi connectivity index (χ0) is 17.8. The molecule has 0 radical (unpaired) electrons. The average Bonchev–Trinajstić information content (AvgIpc) is 2.91. The molecule has 0 amide bonds. The van der Waals surface area contributed by atoms with Gasteiger partial charge in [-0.25, -0.2) is 4.39 Å². The Kier molecular flexibility index (Phi) is 5.00. The van der Waals surface area contributed by atoms with E-state index in [9.17, 15) is 9.50 Å². The van der Waals surface area contributed by atoms with Crippen LogP contribution in [0.15, 0.2) is 41.4 Å². The summed E-state index contributed by atoms with van der Waals surface area (Å²) >= 11 is 0. The molecule has 0 atom stereocenters. The van der Waals surface area contributed by atoms with Crippen LogP contribution in [-0.4, -0.2) is 36.6 Å². The molecule has 1 heterocycles. The van der Waals surface area contributed by atoms with Crippen LogP contribution in [0, 0.1) is 12.7 Å². The van der Waals surface area contributed by atoms with Gasteiger partial charge >= 0.3 is 0 Å². The van der Waals surface area contributed by atoms with Gasteiger partial charge in [-0.15, -0.1) is 0 Å². The third-order valence-electron chi connectivity index (χ3n) is 3.97. The number of nitrogens with one attached hydrogen (secondary N) is 2. The Morgan fingerprint density at radius 3 is 2.92 bits per heavy atom. The number of rotatable bonds is 6. The van der Waals surface area contributed by atoms with Gasteiger partial charge in [0.2, 0.25) is 0 Å². The van der Waals surface area contributed by atoms with Gasteiger partial charge in [-0.2, -0.15) is 0 Å². The maximum absolute atomic E-state index is 14.1. The van der Waals surface area contributed by atoms with Crippen LogP contribution in [0.1, 0.15) is 11.1 Å². The summed E-state index contributed by atoms with van der Waals surface area (Å²) in [5, 5.41) is 14.0. The van der Waals surface area contributed by atoms with E-state index in [2.05, 4.69) is 15.3 Å².